The van der Waals surface area contributed by atoms with Gasteiger partial charge in [0, 0.05) is 16.5 Å². The Bertz CT molecular complexity index is 695. The second-order valence-corrected chi connectivity index (χ2v) is 5.09. The van der Waals surface area contributed by atoms with Gasteiger partial charge in [0.1, 0.15) is 0 Å². The molecule has 0 unspecified atom stereocenters. The maximum atomic E-state index is 4.56. The second-order valence-electron chi connectivity index (χ2n) is 4.08. The minimum atomic E-state index is 0.794. The first-order valence-electron chi connectivity index (χ1n) is 5.78. The molecule has 0 bridgehead atoms. The zero-order valence-electron chi connectivity index (χ0n) is 10.00. The number of aromatic nitrogens is 2. The van der Waals surface area contributed by atoms with Gasteiger partial charge in [-0.25, -0.2) is 9.97 Å². The molecule has 3 aromatic rings. The third-order valence-corrected chi connectivity index (χ3v) is 3.82. The van der Waals surface area contributed by atoms with E-state index in [-0.39, 0.29) is 0 Å². The summed E-state index contributed by atoms with van der Waals surface area (Å²) in [5.41, 5.74) is 2.24. The smallest absolute Gasteiger partial charge is 0.192 e. The summed E-state index contributed by atoms with van der Waals surface area (Å²) in [6.45, 7) is 2.10. The van der Waals surface area contributed by atoms with Crippen molar-refractivity contribution in [3.63, 3.8) is 0 Å². The van der Waals surface area contributed by atoms with Crippen molar-refractivity contribution < 1.29 is 0 Å². The van der Waals surface area contributed by atoms with Crippen molar-refractivity contribution >= 4 is 22.7 Å². The van der Waals surface area contributed by atoms with Gasteiger partial charge in [0.2, 0.25) is 0 Å². The summed E-state index contributed by atoms with van der Waals surface area (Å²) in [6.07, 6.45) is 1.88. The van der Waals surface area contributed by atoms with Crippen molar-refractivity contribution in [3.8, 4) is 0 Å². The largest absolute Gasteiger partial charge is 0.230 e. The fourth-order valence-electron chi connectivity index (χ4n) is 1.77. The molecule has 0 radical (unpaired) electrons. The number of para-hydroxylation sites is 1. The van der Waals surface area contributed by atoms with Crippen LogP contribution in [0.1, 0.15) is 5.56 Å². The number of rotatable bonds is 2. The summed E-state index contributed by atoms with van der Waals surface area (Å²) >= 11 is 1.61. The van der Waals surface area contributed by atoms with Crippen LogP contribution in [0.3, 0.4) is 0 Å². The van der Waals surface area contributed by atoms with E-state index in [9.17, 15) is 0 Å². The average molecular weight is 252 g/mol. The fourth-order valence-corrected chi connectivity index (χ4v) is 2.60. The van der Waals surface area contributed by atoms with Crippen LogP contribution in [0.15, 0.2) is 64.8 Å². The molecular weight excluding hydrogens is 240 g/mol. The molecular formula is C15H12N2S. The topological polar surface area (TPSA) is 25.8 Å². The second kappa shape index (κ2) is 4.78. The van der Waals surface area contributed by atoms with Crippen LogP contribution in [-0.4, -0.2) is 9.97 Å². The molecule has 3 heteroatoms. The molecule has 0 aliphatic heterocycles. The standard InChI is InChI=1S/C15H12N2S/c1-11-6-2-5-9-14(11)18-15-16-10-12-7-3-4-8-13(12)17-15/h2-10H,1H3. The Morgan fingerprint density at radius 3 is 2.61 bits per heavy atom. The number of nitrogens with zero attached hydrogens (tertiary/aromatic N) is 2. The Labute approximate surface area is 110 Å². The number of fused-ring (bicyclic) bond motifs is 1. The van der Waals surface area contributed by atoms with E-state index >= 15 is 0 Å². The highest BCUT2D eigenvalue weighted by Gasteiger charge is 2.04. The van der Waals surface area contributed by atoms with E-state index in [4.69, 9.17) is 0 Å². The lowest BCUT2D eigenvalue weighted by Crippen LogP contribution is -1.88. The van der Waals surface area contributed by atoms with Gasteiger partial charge in [-0.05, 0) is 36.4 Å². The number of hydrogen-bond donors (Lipinski definition) is 0. The molecule has 1 aromatic heterocycles. The van der Waals surface area contributed by atoms with Gasteiger partial charge in [0.25, 0.3) is 0 Å². The summed E-state index contributed by atoms with van der Waals surface area (Å²) in [5.74, 6) is 0. The Kier molecular flexibility index (Phi) is 2.99. The third kappa shape index (κ3) is 2.22. The van der Waals surface area contributed by atoms with Gasteiger partial charge in [-0.15, -0.1) is 0 Å². The van der Waals surface area contributed by atoms with Crippen LogP contribution in [-0.2, 0) is 0 Å². The van der Waals surface area contributed by atoms with Gasteiger partial charge < -0.3 is 0 Å². The van der Waals surface area contributed by atoms with Gasteiger partial charge in [0.15, 0.2) is 5.16 Å². The Hall–Kier alpha value is -1.87. The predicted octanol–water partition coefficient (Wildman–Crippen LogP) is 4.09. The fraction of sp³-hybridized carbons (Fsp3) is 0.0667. The molecule has 1 heterocycles. The predicted molar refractivity (Wildman–Crippen MR) is 74.8 cm³/mol. The maximum absolute atomic E-state index is 4.56. The minimum absolute atomic E-state index is 0.794. The van der Waals surface area contributed by atoms with E-state index in [1.54, 1.807) is 11.8 Å². The molecule has 0 saturated heterocycles. The zero-order valence-corrected chi connectivity index (χ0v) is 10.8. The molecule has 0 atom stereocenters. The quantitative estimate of drug-likeness (QED) is 0.642. The van der Waals surface area contributed by atoms with Crippen molar-refractivity contribution in [1.82, 2.24) is 9.97 Å². The summed E-state index contributed by atoms with van der Waals surface area (Å²) in [4.78, 5) is 10.2. The Morgan fingerprint density at radius 2 is 1.72 bits per heavy atom. The van der Waals surface area contributed by atoms with E-state index in [0.717, 1.165) is 16.1 Å². The lowest BCUT2D eigenvalue weighted by Gasteiger charge is -2.04. The SMILES string of the molecule is Cc1ccccc1Sc1ncc2ccccc2n1. The van der Waals surface area contributed by atoms with Gasteiger partial charge in [0.05, 0.1) is 5.52 Å². The van der Waals surface area contributed by atoms with Crippen molar-refractivity contribution in [3.05, 3.63) is 60.3 Å². The maximum Gasteiger partial charge on any atom is 0.192 e. The molecule has 0 N–H and O–H groups in total. The van der Waals surface area contributed by atoms with Crippen LogP contribution in [0.5, 0.6) is 0 Å². The number of aryl methyl sites for hydroxylation is 1. The molecule has 3 rings (SSSR count). The Morgan fingerprint density at radius 1 is 0.944 bits per heavy atom. The molecule has 0 saturated carbocycles. The molecule has 0 fully saturated rings. The highest BCUT2D eigenvalue weighted by Crippen LogP contribution is 2.28. The zero-order chi connectivity index (χ0) is 12.4. The summed E-state index contributed by atoms with van der Waals surface area (Å²) in [5, 5.41) is 1.87. The average Bonchev–Trinajstić information content (AvgIpc) is 2.41. The van der Waals surface area contributed by atoms with Crippen LogP contribution in [0.25, 0.3) is 10.9 Å². The van der Waals surface area contributed by atoms with E-state index in [0.29, 0.717) is 0 Å². The lowest BCUT2D eigenvalue weighted by molar-refractivity contribution is 1.00. The first kappa shape index (κ1) is 11.2. The number of benzene rings is 2. The van der Waals surface area contributed by atoms with Crippen molar-refractivity contribution in [2.45, 2.75) is 17.0 Å². The van der Waals surface area contributed by atoms with Gasteiger partial charge in [-0.3, -0.25) is 0 Å². The highest BCUT2D eigenvalue weighted by atomic mass is 32.2. The van der Waals surface area contributed by atoms with Crippen LogP contribution in [0, 0.1) is 6.92 Å². The molecule has 2 nitrogen and oxygen atoms in total. The van der Waals surface area contributed by atoms with E-state index in [1.807, 2.05) is 42.6 Å². The molecule has 18 heavy (non-hydrogen) atoms. The van der Waals surface area contributed by atoms with Crippen LogP contribution in [0.4, 0.5) is 0 Å². The van der Waals surface area contributed by atoms with E-state index < -0.39 is 0 Å². The Balaban J connectivity index is 1.98. The van der Waals surface area contributed by atoms with Gasteiger partial charge in [-0.1, -0.05) is 36.4 Å². The molecule has 0 spiro atoms. The summed E-state index contributed by atoms with van der Waals surface area (Å²) in [6, 6.07) is 16.3. The normalized spacial score (nSPS) is 10.7. The molecule has 0 amide bonds. The lowest BCUT2D eigenvalue weighted by atomic mass is 10.2. The van der Waals surface area contributed by atoms with E-state index in [2.05, 4.69) is 29.0 Å². The minimum Gasteiger partial charge on any atom is -0.230 e. The van der Waals surface area contributed by atoms with Crippen molar-refractivity contribution in [2.24, 2.45) is 0 Å². The highest BCUT2D eigenvalue weighted by molar-refractivity contribution is 7.99. The molecule has 88 valence electrons. The molecule has 0 aliphatic rings. The van der Waals surface area contributed by atoms with Crippen LogP contribution < -0.4 is 0 Å². The van der Waals surface area contributed by atoms with E-state index in [1.165, 1.54) is 10.5 Å². The summed E-state index contributed by atoms with van der Waals surface area (Å²) < 4.78 is 0. The van der Waals surface area contributed by atoms with Crippen LogP contribution >= 0.6 is 11.8 Å². The first-order valence-corrected chi connectivity index (χ1v) is 6.60. The van der Waals surface area contributed by atoms with Crippen molar-refractivity contribution in [2.75, 3.05) is 0 Å². The van der Waals surface area contributed by atoms with Crippen LogP contribution in [0.2, 0.25) is 0 Å². The van der Waals surface area contributed by atoms with Gasteiger partial charge >= 0.3 is 0 Å². The number of hydrogen-bond acceptors (Lipinski definition) is 3. The first-order chi connectivity index (χ1) is 8.83. The molecule has 0 aliphatic carbocycles. The monoisotopic (exact) mass is 252 g/mol. The van der Waals surface area contributed by atoms with Crippen molar-refractivity contribution in [1.29, 1.82) is 0 Å². The molecule has 2 aromatic carbocycles. The third-order valence-electron chi connectivity index (χ3n) is 2.76. The van der Waals surface area contributed by atoms with Gasteiger partial charge in [-0.2, -0.15) is 0 Å². The summed E-state index contributed by atoms with van der Waals surface area (Å²) in [7, 11) is 0.